The standard InChI is InChI=1S/C11H14N6O7S2.2Na/c12-3-4-13-9-15-10(17-11(18)16-9)14-7-5-6(25(19,20)21)1-2-8(7)26(22,23)24;;/h1-2,5H,3-4,12H2,(H,19,20,21)(H,22,23,24)(H3,13,14,15,16,17,18);;/q;2*+1/p-2. The quantitative estimate of drug-likeness (QED) is 0.227. The smallest absolute Gasteiger partial charge is 0.844 e. The number of benzene rings is 1. The van der Waals surface area contributed by atoms with E-state index in [1.165, 1.54) is 0 Å². The van der Waals surface area contributed by atoms with Crippen LogP contribution >= 0.6 is 0 Å². The van der Waals surface area contributed by atoms with E-state index in [1.54, 1.807) is 0 Å². The van der Waals surface area contributed by atoms with Gasteiger partial charge in [0.1, 0.15) is 15.0 Å². The number of nitrogens with one attached hydrogen (secondary N) is 2. The topological polar surface area (TPSA) is 223 Å². The molecule has 0 bridgehead atoms. The summed E-state index contributed by atoms with van der Waals surface area (Å²) in [6.45, 7) is 0.433. The zero-order chi connectivity index (χ0) is 19.5. The molecule has 1 heterocycles. The van der Waals surface area contributed by atoms with Crippen molar-refractivity contribution >= 4 is 37.8 Å². The SMILES string of the molecule is NCCNc1nc([O-])nc(Nc2cc(S(=O)(=O)[O-])ccc2S(=O)(=O)O)n1.[Na+].[Na+]. The normalized spacial score (nSPS) is 11.1. The second-order valence-electron chi connectivity index (χ2n) is 4.69. The van der Waals surface area contributed by atoms with Gasteiger partial charge in [-0.3, -0.25) is 4.55 Å². The van der Waals surface area contributed by atoms with Gasteiger partial charge in [0.15, 0.2) is 0 Å². The third-order valence-electron chi connectivity index (χ3n) is 2.81. The van der Waals surface area contributed by atoms with Crippen LogP contribution in [0.15, 0.2) is 28.0 Å². The number of aromatic nitrogens is 3. The molecule has 5 N–H and O–H groups in total. The van der Waals surface area contributed by atoms with Crippen molar-refractivity contribution in [2.75, 3.05) is 23.7 Å². The van der Waals surface area contributed by atoms with Gasteiger partial charge >= 0.3 is 59.1 Å². The fourth-order valence-electron chi connectivity index (χ4n) is 1.78. The fourth-order valence-corrected chi connectivity index (χ4v) is 2.91. The molecule has 0 saturated carbocycles. The van der Waals surface area contributed by atoms with Gasteiger partial charge in [0.05, 0.1) is 16.6 Å². The van der Waals surface area contributed by atoms with E-state index in [0.29, 0.717) is 18.2 Å². The van der Waals surface area contributed by atoms with Gasteiger partial charge in [-0.2, -0.15) is 13.4 Å². The summed E-state index contributed by atoms with van der Waals surface area (Å²) in [5, 5.41) is 16.4. The fraction of sp³-hybridized carbons (Fsp3) is 0.182. The van der Waals surface area contributed by atoms with Crippen molar-refractivity contribution in [1.29, 1.82) is 0 Å². The van der Waals surface area contributed by atoms with Crippen molar-refractivity contribution in [3.63, 3.8) is 0 Å². The average Bonchev–Trinajstić information content (AvgIpc) is 2.50. The van der Waals surface area contributed by atoms with Gasteiger partial charge in [-0.1, -0.05) is 0 Å². The summed E-state index contributed by atoms with van der Waals surface area (Å²) in [5.74, 6) is -0.617. The first-order valence-corrected chi connectivity index (χ1v) is 9.57. The molecular weight excluding hydrogens is 438 g/mol. The Kier molecular flexibility index (Phi) is 10.7. The molecule has 0 fully saturated rings. The van der Waals surface area contributed by atoms with Crippen LogP contribution in [0.4, 0.5) is 17.6 Å². The molecular formula is C11H12N6Na2O7S2. The third kappa shape index (κ3) is 7.68. The van der Waals surface area contributed by atoms with Crippen molar-refractivity contribution in [2.45, 2.75) is 9.79 Å². The van der Waals surface area contributed by atoms with E-state index in [2.05, 4.69) is 25.6 Å². The maximum Gasteiger partial charge on any atom is 1.00 e. The monoisotopic (exact) mass is 450 g/mol. The second-order valence-corrected chi connectivity index (χ2v) is 7.46. The molecule has 13 nitrogen and oxygen atoms in total. The van der Waals surface area contributed by atoms with Gasteiger partial charge < -0.3 is 26.0 Å². The maximum absolute atomic E-state index is 11.5. The van der Waals surface area contributed by atoms with Crippen LogP contribution in [0.2, 0.25) is 0 Å². The van der Waals surface area contributed by atoms with Gasteiger partial charge in [-0.05, 0) is 18.2 Å². The first-order valence-electron chi connectivity index (χ1n) is 6.72. The van der Waals surface area contributed by atoms with Gasteiger partial charge in [0.2, 0.25) is 11.9 Å². The van der Waals surface area contributed by atoms with E-state index in [1.807, 2.05) is 0 Å². The van der Waals surface area contributed by atoms with E-state index in [0.717, 1.165) is 0 Å². The molecule has 0 spiro atoms. The van der Waals surface area contributed by atoms with Gasteiger partial charge in [-0.25, -0.2) is 18.4 Å². The first-order chi connectivity index (χ1) is 12.0. The van der Waals surface area contributed by atoms with Crippen LogP contribution in [0.1, 0.15) is 0 Å². The Morgan fingerprint density at radius 2 is 1.68 bits per heavy atom. The molecule has 0 atom stereocenters. The first kappa shape index (κ1) is 27.4. The summed E-state index contributed by atoms with van der Waals surface area (Å²) in [6, 6.07) is 1.09. The minimum atomic E-state index is -4.92. The molecule has 0 aliphatic rings. The largest absolute Gasteiger partial charge is 1.00 e. The van der Waals surface area contributed by atoms with Crippen LogP contribution in [-0.2, 0) is 20.2 Å². The van der Waals surface area contributed by atoms with Crippen LogP contribution in [0.5, 0.6) is 6.01 Å². The van der Waals surface area contributed by atoms with Gasteiger partial charge in [-0.15, -0.1) is 0 Å². The van der Waals surface area contributed by atoms with Gasteiger partial charge in [0, 0.05) is 13.1 Å². The Morgan fingerprint density at radius 3 is 2.21 bits per heavy atom. The Bertz CT molecular complexity index is 1040. The number of nitrogens with two attached hydrogens (primary N) is 1. The third-order valence-corrected chi connectivity index (χ3v) is 4.55. The Morgan fingerprint density at radius 1 is 1.07 bits per heavy atom. The second kappa shape index (κ2) is 11.0. The molecule has 0 radical (unpaired) electrons. The molecule has 0 aliphatic heterocycles. The zero-order valence-corrected chi connectivity index (χ0v) is 20.4. The predicted molar refractivity (Wildman–Crippen MR) is 84.3 cm³/mol. The Hall–Kier alpha value is -0.590. The molecule has 2 rings (SSSR count). The maximum atomic E-state index is 11.5. The Labute approximate surface area is 204 Å². The van der Waals surface area contributed by atoms with E-state index in [4.69, 9.17) is 5.73 Å². The molecule has 0 aliphatic carbocycles. The van der Waals surface area contributed by atoms with Crippen molar-refractivity contribution < 1.29 is 90.2 Å². The van der Waals surface area contributed by atoms with Crippen LogP contribution < -0.4 is 80.6 Å². The summed E-state index contributed by atoms with van der Waals surface area (Å²) < 4.78 is 65.4. The van der Waals surface area contributed by atoms with Gasteiger partial charge in [0.25, 0.3) is 10.1 Å². The van der Waals surface area contributed by atoms with Crippen molar-refractivity contribution in [2.24, 2.45) is 5.73 Å². The number of hydrogen-bond acceptors (Lipinski definition) is 12. The number of hydrogen-bond donors (Lipinski definition) is 4. The molecule has 17 heteroatoms. The Balaban J connectivity index is 0.00000364. The van der Waals surface area contributed by atoms with Crippen molar-refractivity contribution in [1.82, 2.24) is 15.0 Å². The summed E-state index contributed by atoms with van der Waals surface area (Å²) in [5.41, 5.74) is 4.76. The molecule has 1 aromatic heterocycles. The minimum absolute atomic E-state index is 0. The molecule has 0 amide bonds. The summed E-state index contributed by atoms with van der Waals surface area (Å²) in [6.07, 6.45) is 0. The van der Waals surface area contributed by atoms with Crippen molar-refractivity contribution in [3.8, 4) is 6.01 Å². The number of rotatable bonds is 7. The molecule has 28 heavy (non-hydrogen) atoms. The predicted octanol–water partition coefficient (Wildman–Crippen LogP) is -7.78. The summed E-state index contributed by atoms with van der Waals surface area (Å²) >= 11 is 0. The van der Waals surface area contributed by atoms with Crippen molar-refractivity contribution in [3.05, 3.63) is 18.2 Å². The number of nitrogens with zero attached hydrogens (tertiary/aromatic N) is 3. The molecule has 1 aromatic carbocycles. The van der Waals surface area contributed by atoms with Crippen LogP contribution in [0.25, 0.3) is 0 Å². The van der Waals surface area contributed by atoms with E-state index in [9.17, 15) is 31.0 Å². The number of anilines is 3. The molecule has 0 unspecified atom stereocenters. The average molecular weight is 450 g/mol. The van der Waals surface area contributed by atoms with Crippen LogP contribution in [-0.4, -0.2) is 54.0 Å². The van der Waals surface area contributed by atoms with Crippen LogP contribution in [0, 0.1) is 0 Å². The van der Waals surface area contributed by atoms with Crippen LogP contribution in [0.3, 0.4) is 0 Å². The molecule has 2 aromatic rings. The zero-order valence-electron chi connectivity index (χ0n) is 14.8. The minimum Gasteiger partial charge on any atom is -0.844 e. The van der Waals surface area contributed by atoms with E-state index < -0.39 is 47.7 Å². The van der Waals surface area contributed by atoms with E-state index >= 15 is 0 Å². The molecule has 0 saturated heterocycles. The van der Waals surface area contributed by atoms with E-state index in [-0.39, 0.29) is 78.2 Å². The molecule has 142 valence electrons. The summed E-state index contributed by atoms with van der Waals surface area (Å²) in [7, 11) is -9.71. The summed E-state index contributed by atoms with van der Waals surface area (Å²) in [4.78, 5) is 9.08.